The molecule has 0 unspecified atom stereocenters. The van der Waals surface area contributed by atoms with Gasteiger partial charge in [0, 0.05) is 28.9 Å². The Bertz CT molecular complexity index is 1340. The molecule has 1 aromatic heterocycles. The molecule has 0 saturated carbocycles. The van der Waals surface area contributed by atoms with Gasteiger partial charge >= 0.3 is 5.97 Å². The lowest BCUT2D eigenvalue weighted by Crippen LogP contribution is -2.44. The number of halogens is 1. The van der Waals surface area contributed by atoms with Crippen LogP contribution in [-0.2, 0) is 28.8 Å². The molecule has 0 bridgehead atoms. The summed E-state index contributed by atoms with van der Waals surface area (Å²) >= 11 is 0. The first-order valence-corrected chi connectivity index (χ1v) is 17.7. The monoisotopic (exact) mass is 579 g/mol. The Morgan fingerprint density at radius 3 is 2.13 bits per heavy atom. The molecule has 2 aromatic rings. The van der Waals surface area contributed by atoms with Gasteiger partial charge < -0.3 is 9.16 Å². The number of methoxy groups -OCH3 is 1. The third-order valence-corrected chi connectivity index (χ3v) is 12.9. The molecule has 0 spiro atoms. The van der Waals surface area contributed by atoms with E-state index >= 15 is 0 Å². The third kappa shape index (κ3) is 7.99. The van der Waals surface area contributed by atoms with E-state index in [-0.39, 0.29) is 29.6 Å². The van der Waals surface area contributed by atoms with Gasteiger partial charge in [-0.15, -0.1) is 0 Å². The minimum absolute atomic E-state index is 0.0349. The zero-order chi connectivity index (χ0) is 29.9. The number of benzene rings is 1. The minimum Gasteiger partial charge on any atom is -0.469 e. The molecule has 1 atom stereocenters. The third-order valence-electron chi connectivity index (χ3n) is 7.20. The summed E-state index contributed by atoms with van der Waals surface area (Å²) in [6.45, 7) is 15.8. The van der Waals surface area contributed by atoms with Gasteiger partial charge in [-0.1, -0.05) is 46.8 Å². The first-order valence-electron chi connectivity index (χ1n) is 13.0. The number of hydrogen-bond acceptors (Lipinski definition) is 6. The second-order valence-electron chi connectivity index (χ2n) is 11.7. The summed E-state index contributed by atoms with van der Waals surface area (Å²) in [7, 11) is -4.67. The number of rotatable bonds is 11. The van der Waals surface area contributed by atoms with E-state index in [0.717, 1.165) is 6.26 Å². The highest BCUT2D eigenvalue weighted by Crippen LogP contribution is 2.39. The summed E-state index contributed by atoms with van der Waals surface area (Å²) < 4.78 is 51.8. The van der Waals surface area contributed by atoms with E-state index in [1.165, 1.54) is 29.3 Å². The molecular weight excluding hydrogens is 537 g/mol. The predicted octanol–water partition coefficient (Wildman–Crippen LogP) is 6.46. The first-order chi connectivity index (χ1) is 17.8. The smallest absolute Gasteiger partial charge is 0.308 e. The largest absolute Gasteiger partial charge is 0.469 e. The summed E-state index contributed by atoms with van der Waals surface area (Å²) in [6.07, 6.45) is 3.41. The molecule has 10 heteroatoms. The highest BCUT2D eigenvalue weighted by molar-refractivity contribution is 7.89. The van der Waals surface area contributed by atoms with E-state index in [2.05, 4.69) is 33.9 Å². The van der Waals surface area contributed by atoms with E-state index in [9.17, 15) is 22.4 Å². The van der Waals surface area contributed by atoms with E-state index in [1.807, 2.05) is 13.8 Å². The van der Waals surface area contributed by atoms with Crippen LogP contribution in [0.1, 0.15) is 70.3 Å². The highest BCUT2D eigenvalue weighted by atomic mass is 32.2. The van der Waals surface area contributed by atoms with Crippen LogP contribution < -0.4 is 0 Å². The number of carbonyl (C=O) groups excluding carboxylic acids is 2. The summed E-state index contributed by atoms with van der Waals surface area (Å²) in [5.41, 5.74) is 2.82. The summed E-state index contributed by atoms with van der Waals surface area (Å²) in [4.78, 5) is 25.3. The average Bonchev–Trinajstić information content (AvgIpc) is 3.09. The second kappa shape index (κ2) is 12.3. The maximum atomic E-state index is 13.7. The molecule has 0 radical (unpaired) electrons. The topological polar surface area (TPSA) is 91.7 Å². The van der Waals surface area contributed by atoms with Crippen LogP contribution in [0.3, 0.4) is 0 Å². The number of allylic oxidation sites excluding steroid dienone is 1. The number of ether oxygens (including phenoxy) is 1. The molecular formula is C29H42FNO6SSi. The van der Waals surface area contributed by atoms with Gasteiger partial charge in [-0.3, -0.25) is 9.59 Å². The Balaban J connectivity index is 2.58. The van der Waals surface area contributed by atoms with Crippen LogP contribution in [0.15, 0.2) is 30.3 Å². The first kappa shape index (κ1) is 32.6. The van der Waals surface area contributed by atoms with Crippen molar-refractivity contribution in [2.24, 2.45) is 0 Å². The second-order valence-corrected chi connectivity index (χ2v) is 18.3. The van der Waals surface area contributed by atoms with Crippen molar-refractivity contribution >= 4 is 36.2 Å². The van der Waals surface area contributed by atoms with E-state index in [0.29, 0.717) is 28.1 Å². The van der Waals surface area contributed by atoms with E-state index in [1.54, 1.807) is 25.1 Å². The minimum atomic E-state index is -3.68. The molecule has 1 heterocycles. The number of aromatic nitrogens is 1. The normalized spacial score (nSPS) is 13.7. The quantitative estimate of drug-likeness (QED) is 0.172. The lowest BCUT2D eigenvalue weighted by molar-refractivity contribution is -0.142. The Kier molecular flexibility index (Phi) is 10.3. The van der Waals surface area contributed by atoms with Gasteiger partial charge in [-0.05, 0) is 60.8 Å². The number of hydrogen-bond donors (Lipinski definition) is 0. The fourth-order valence-corrected chi connectivity index (χ4v) is 6.93. The summed E-state index contributed by atoms with van der Waals surface area (Å²) in [5, 5.41) is -0.122. The Labute approximate surface area is 233 Å². The van der Waals surface area contributed by atoms with Crippen LogP contribution in [0.25, 0.3) is 17.2 Å². The van der Waals surface area contributed by atoms with Gasteiger partial charge in [0.2, 0.25) is 10.0 Å². The Hall–Kier alpha value is -2.56. The van der Waals surface area contributed by atoms with Crippen molar-refractivity contribution in [3.63, 3.8) is 0 Å². The molecule has 0 aliphatic heterocycles. The lowest BCUT2D eigenvalue weighted by atomic mass is 9.96. The summed E-state index contributed by atoms with van der Waals surface area (Å²) in [6, 6.07) is 5.81. The zero-order valence-electron chi connectivity index (χ0n) is 24.7. The van der Waals surface area contributed by atoms with Crippen LogP contribution in [0.4, 0.5) is 4.39 Å². The van der Waals surface area contributed by atoms with Crippen LogP contribution in [0.5, 0.6) is 0 Å². The fourth-order valence-electron chi connectivity index (χ4n) is 4.32. The van der Waals surface area contributed by atoms with Gasteiger partial charge in [0.05, 0.1) is 25.9 Å². The van der Waals surface area contributed by atoms with Crippen molar-refractivity contribution in [2.45, 2.75) is 84.5 Å². The number of esters is 1. The lowest BCUT2D eigenvalue weighted by Gasteiger charge is -2.39. The predicted molar refractivity (Wildman–Crippen MR) is 156 cm³/mol. The molecule has 216 valence electrons. The zero-order valence-corrected chi connectivity index (χ0v) is 26.5. The van der Waals surface area contributed by atoms with Crippen molar-refractivity contribution < 1.29 is 31.6 Å². The molecule has 1 aromatic carbocycles. The molecule has 0 amide bonds. The van der Waals surface area contributed by atoms with E-state index in [4.69, 9.17) is 9.16 Å². The van der Waals surface area contributed by atoms with Crippen LogP contribution in [0, 0.1) is 12.7 Å². The van der Waals surface area contributed by atoms with Crippen molar-refractivity contribution in [3.05, 3.63) is 53.1 Å². The molecule has 39 heavy (non-hydrogen) atoms. The highest BCUT2D eigenvalue weighted by Gasteiger charge is 2.40. The van der Waals surface area contributed by atoms with Gasteiger partial charge in [-0.25, -0.2) is 16.8 Å². The van der Waals surface area contributed by atoms with Crippen LogP contribution in [-0.4, -0.2) is 51.9 Å². The van der Waals surface area contributed by atoms with Gasteiger partial charge in [0.25, 0.3) is 0 Å². The van der Waals surface area contributed by atoms with E-state index < -0.39 is 36.2 Å². The molecule has 0 saturated heterocycles. The molecule has 0 aliphatic carbocycles. The molecule has 2 rings (SSSR count). The van der Waals surface area contributed by atoms with Crippen molar-refractivity contribution in [1.29, 1.82) is 0 Å². The number of nitrogens with zero attached hydrogens (tertiary/aromatic N) is 1. The number of ketones is 1. The SMILES string of the molecule is COC(=O)C[C@@H](CC(=O)/C=C/c1c(-c2ccc(F)cc2)c(C)n(S(C)(=O)=O)c1C(C)C)O[Si](C)(C)C(C)(C)C. The molecule has 0 N–H and O–H groups in total. The van der Waals surface area contributed by atoms with Crippen molar-refractivity contribution in [3.8, 4) is 11.1 Å². The van der Waals surface area contributed by atoms with Crippen molar-refractivity contribution in [1.82, 2.24) is 3.97 Å². The van der Waals surface area contributed by atoms with Gasteiger partial charge in [-0.2, -0.15) is 0 Å². The number of carbonyl (C=O) groups is 2. The Morgan fingerprint density at radius 1 is 1.10 bits per heavy atom. The molecule has 0 aliphatic rings. The summed E-state index contributed by atoms with van der Waals surface area (Å²) in [5.74, 6) is -1.34. The van der Waals surface area contributed by atoms with Crippen LogP contribution >= 0.6 is 0 Å². The average molecular weight is 580 g/mol. The van der Waals surface area contributed by atoms with Crippen LogP contribution in [0.2, 0.25) is 18.1 Å². The fraction of sp³-hybridized carbons (Fsp3) is 0.517. The molecule has 7 nitrogen and oxygen atoms in total. The maximum Gasteiger partial charge on any atom is 0.308 e. The Morgan fingerprint density at radius 2 is 1.67 bits per heavy atom. The standard InChI is InChI=1S/C29H42FNO6SSi/c1-19(2)28-25(27(20(3)31(28)38(8,34)35)21-11-13-22(30)14-12-21)16-15-23(32)17-24(18-26(33)36-7)37-39(9,10)29(4,5)6/h11-16,19,24H,17-18H2,1-10H3/b16-15+/t24-/m1/s1. The van der Waals surface area contributed by atoms with Gasteiger partial charge in [0.15, 0.2) is 14.1 Å². The maximum absolute atomic E-state index is 13.7. The van der Waals surface area contributed by atoms with Crippen molar-refractivity contribution in [2.75, 3.05) is 13.4 Å². The van der Waals surface area contributed by atoms with Gasteiger partial charge in [0.1, 0.15) is 5.82 Å². The molecule has 0 fully saturated rings.